The van der Waals surface area contributed by atoms with Crippen LogP contribution >= 0.6 is 12.6 Å². The van der Waals surface area contributed by atoms with E-state index in [1.165, 1.54) is 17.5 Å². The van der Waals surface area contributed by atoms with Gasteiger partial charge in [0.15, 0.2) is 0 Å². The van der Waals surface area contributed by atoms with E-state index in [1.54, 1.807) is 0 Å². The Morgan fingerprint density at radius 1 is 1.25 bits per heavy atom. The van der Waals surface area contributed by atoms with Crippen molar-refractivity contribution >= 4 is 12.6 Å². The molecule has 1 aromatic rings. The zero-order chi connectivity index (χ0) is 12.0. The van der Waals surface area contributed by atoms with Crippen LogP contribution in [0.1, 0.15) is 30.9 Å². The first kappa shape index (κ1) is 13.4. The van der Waals surface area contributed by atoms with Gasteiger partial charge >= 0.3 is 0 Å². The van der Waals surface area contributed by atoms with Crippen molar-refractivity contribution < 1.29 is 4.74 Å². The van der Waals surface area contributed by atoms with E-state index in [0.29, 0.717) is 5.92 Å². The van der Waals surface area contributed by atoms with Gasteiger partial charge in [0.1, 0.15) is 5.75 Å². The Kier molecular flexibility index (Phi) is 5.75. The highest BCUT2D eigenvalue weighted by Gasteiger charge is 2.03. The van der Waals surface area contributed by atoms with Crippen molar-refractivity contribution in [3.63, 3.8) is 0 Å². The smallest absolute Gasteiger partial charge is 0.122 e. The maximum Gasteiger partial charge on any atom is 0.122 e. The molecule has 0 N–H and O–H groups in total. The fourth-order valence-corrected chi connectivity index (χ4v) is 2.04. The zero-order valence-corrected chi connectivity index (χ0v) is 11.4. The molecule has 0 aliphatic carbocycles. The topological polar surface area (TPSA) is 9.23 Å². The SMILES string of the molecule is Cc1ccc(C)c(OCCC(C)CCS)c1. The molecule has 2 heteroatoms. The molecule has 0 bridgehead atoms. The van der Waals surface area contributed by atoms with Crippen molar-refractivity contribution in [1.82, 2.24) is 0 Å². The summed E-state index contributed by atoms with van der Waals surface area (Å²) >= 11 is 4.24. The maximum absolute atomic E-state index is 5.81. The Hall–Kier alpha value is -0.630. The molecular weight excluding hydrogens is 216 g/mol. The molecule has 90 valence electrons. The van der Waals surface area contributed by atoms with Gasteiger partial charge in [0.2, 0.25) is 0 Å². The van der Waals surface area contributed by atoms with Gasteiger partial charge in [-0.25, -0.2) is 0 Å². The molecule has 1 nitrogen and oxygen atoms in total. The Labute approximate surface area is 105 Å². The van der Waals surface area contributed by atoms with Crippen LogP contribution in [0.3, 0.4) is 0 Å². The van der Waals surface area contributed by atoms with Crippen molar-refractivity contribution in [1.29, 1.82) is 0 Å². The summed E-state index contributed by atoms with van der Waals surface area (Å²) in [6, 6.07) is 6.34. The minimum atomic E-state index is 0.697. The summed E-state index contributed by atoms with van der Waals surface area (Å²) in [5.41, 5.74) is 2.47. The van der Waals surface area contributed by atoms with Gasteiger partial charge in [0.25, 0.3) is 0 Å². The minimum Gasteiger partial charge on any atom is -0.493 e. The summed E-state index contributed by atoms with van der Waals surface area (Å²) in [5, 5.41) is 0. The molecule has 0 spiro atoms. The molecule has 0 heterocycles. The van der Waals surface area contributed by atoms with Crippen LogP contribution in [-0.4, -0.2) is 12.4 Å². The number of ether oxygens (including phenoxy) is 1. The zero-order valence-electron chi connectivity index (χ0n) is 10.5. The van der Waals surface area contributed by atoms with E-state index in [2.05, 4.69) is 51.6 Å². The van der Waals surface area contributed by atoms with Crippen LogP contribution in [0.15, 0.2) is 18.2 Å². The monoisotopic (exact) mass is 238 g/mol. The number of hydrogen-bond donors (Lipinski definition) is 1. The lowest BCUT2D eigenvalue weighted by atomic mass is 10.1. The Bertz CT molecular complexity index is 323. The van der Waals surface area contributed by atoms with Gasteiger partial charge in [-0.15, -0.1) is 0 Å². The summed E-state index contributed by atoms with van der Waals surface area (Å²) in [4.78, 5) is 0. The second-order valence-corrected chi connectivity index (χ2v) is 4.97. The molecular formula is C14H22OS. The lowest BCUT2D eigenvalue weighted by molar-refractivity contribution is 0.280. The van der Waals surface area contributed by atoms with Gasteiger partial charge < -0.3 is 4.74 Å². The van der Waals surface area contributed by atoms with Crippen molar-refractivity contribution in [2.24, 2.45) is 5.92 Å². The lowest BCUT2D eigenvalue weighted by Gasteiger charge is -2.13. The molecule has 0 aliphatic rings. The van der Waals surface area contributed by atoms with Crippen LogP contribution in [0.25, 0.3) is 0 Å². The number of hydrogen-bond acceptors (Lipinski definition) is 2. The molecule has 0 aromatic heterocycles. The molecule has 0 aliphatic heterocycles. The van der Waals surface area contributed by atoms with E-state index in [-0.39, 0.29) is 0 Å². The third-order valence-corrected chi connectivity index (χ3v) is 3.09. The molecule has 0 amide bonds. The highest BCUT2D eigenvalue weighted by atomic mass is 32.1. The van der Waals surface area contributed by atoms with E-state index < -0.39 is 0 Å². The first-order chi connectivity index (χ1) is 7.63. The first-order valence-corrected chi connectivity index (χ1v) is 6.57. The third kappa shape index (κ3) is 4.48. The first-order valence-electron chi connectivity index (χ1n) is 5.94. The summed E-state index contributed by atoms with van der Waals surface area (Å²) in [6.45, 7) is 7.24. The highest BCUT2D eigenvalue weighted by Crippen LogP contribution is 2.20. The van der Waals surface area contributed by atoms with Gasteiger partial charge in [0, 0.05) is 0 Å². The molecule has 1 rings (SSSR count). The molecule has 1 aromatic carbocycles. The molecule has 1 unspecified atom stereocenters. The molecule has 1 atom stereocenters. The van der Waals surface area contributed by atoms with Crippen LogP contribution in [0.4, 0.5) is 0 Å². The highest BCUT2D eigenvalue weighted by molar-refractivity contribution is 7.80. The van der Waals surface area contributed by atoms with Crippen molar-refractivity contribution in [2.75, 3.05) is 12.4 Å². The van der Waals surface area contributed by atoms with Gasteiger partial charge in [-0.2, -0.15) is 12.6 Å². The lowest BCUT2D eigenvalue weighted by Crippen LogP contribution is -2.05. The standard InChI is InChI=1S/C14H22OS/c1-11(7-9-16)6-8-15-14-10-12(2)4-5-13(14)3/h4-5,10-11,16H,6-9H2,1-3H3. The van der Waals surface area contributed by atoms with E-state index in [0.717, 1.165) is 24.5 Å². The molecule has 16 heavy (non-hydrogen) atoms. The molecule has 0 radical (unpaired) electrons. The van der Waals surface area contributed by atoms with E-state index in [4.69, 9.17) is 4.74 Å². The van der Waals surface area contributed by atoms with E-state index in [1.807, 2.05) is 0 Å². The molecule has 0 saturated heterocycles. The Morgan fingerprint density at radius 3 is 2.69 bits per heavy atom. The normalized spacial score (nSPS) is 12.5. The Balaban J connectivity index is 2.39. The molecule has 0 fully saturated rings. The van der Waals surface area contributed by atoms with Gasteiger partial charge in [0.05, 0.1) is 6.61 Å². The summed E-state index contributed by atoms with van der Waals surface area (Å²) < 4.78 is 5.81. The number of aryl methyl sites for hydroxylation is 2. The summed E-state index contributed by atoms with van der Waals surface area (Å²) in [7, 11) is 0. The predicted molar refractivity (Wildman–Crippen MR) is 73.7 cm³/mol. The molecule has 0 saturated carbocycles. The van der Waals surface area contributed by atoms with Gasteiger partial charge in [-0.05, 0) is 55.6 Å². The third-order valence-electron chi connectivity index (χ3n) is 2.83. The summed E-state index contributed by atoms with van der Waals surface area (Å²) in [5.74, 6) is 2.69. The second kappa shape index (κ2) is 6.85. The Morgan fingerprint density at radius 2 is 2.00 bits per heavy atom. The number of rotatable bonds is 6. The largest absolute Gasteiger partial charge is 0.493 e. The van der Waals surface area contributed by atoms with Crippen LogP contribution in [0.5, 0.6) is 5.75 Å². The minimum absolute atomic E-state index is 0.697. The van der Waals surface area contributed by atoms with Crippen molar-refractivity contribution in [2.45, 2.75) is 33.6 Å². The van der Waals surface area contributed by atoms with Crippen molar-refractivity contribution in [3.05, 3.63) is 29.3 Å². The second-order valence-electron chi connectivity index (χ2n) is 4.52. The van der Waals surface area contributed by atoms with Gasteiger partial charge in [-0.3, -0.25) is 0 Å². The van der Waals surface area contributed by atoms with Crippen LogP contribution in [0.2, 0.25) is 0 Å². The van der Waals surface area contributed by atoms with Gasteiger partial charge in [-0.1, -0.05) is 19.1 Å². The van der Waals surface area contributed by atoms with Crippen LogP contribution < -0.4 is 4.74 Å². The predicted octanol–water partition coefficient (Wildman–Crippen LogP) is 4.03. The van der Waals surface area contributed by atoms with E-state index >= 15 is 0 Å². The fraction of sp³-hybridized carbons (Fsp3) is 0.571. The summed E-state index contributed by atoms with van der Waals surface area (Å²) in [6.07, 6.45) is 2.27. The number of benzene rings is 1. The average Bonchev–Trinajstić information content (AvgIpc) is 2.23. The van der Waals surface area contributed by atoms with Crippen LogP contribution in [-0.2, 0) is 0 Å². The van der Waals surface area contributed by atoms with Crippen LogP contribution in [0, 0.1) is 19.8 Å². The average molecular weight is 238 g/mol. The number of thiol groups is 1. The quantitative estimate of drug-likeness (QED) is 0.736. The maximum atomic E-state index is 5.81. The van der Waals surface area contributed by atoms with Crippen molar-refractivity contribution in [3.8, 4) is 5.75 Å². The van der Waals surface area contributed by atoms with E-state index in [9.17, 15) is 0 Å². The fourth-order valence-electron chi connectivity index (χ4n) is 1.60.